The van der Waals surface area contributed by atoms with Crippen molar-refractivity contribution in [2.45, 2.75) is 6.42 Å². The molecule has 0 saturated carbocycles. The third-order valence-electron chi connectivity index (χ3n) is 1.84. The van der Waals surface area contributed by atoms with E-state index in [-0.39, 0.29) is 0 Å². The van der Waals surface area contributed by atoms with Crippen molar-refractivity contribution in [2.24, 2.45) is 0 Å². The minimum absolute atomic E-state index is 0.322. The molecule has 5 heteroatoms. The van der Waals surface area contributed by atoms with E-state index in [4.69, 9.17) is 5.11 Å². The van der Waals surface area contributed by atoms with Gasteiger partial charge in [-0.3, -0.25) is 9.59 Å². The first-order valence-electron chi connectivity index (χ1n) is 4.39. The summed E-state index contributed by atoms with van der Waals surface area (Å²) in [7, 11) is 3.67. The SMILES string of the molecule is CN(C)c1ccc(C(=O)CC(=O)O)cn1. The van der Waals surface area contributed by atoms with E-state index in [1.54, 1.807) is 17.0 Å². The van der Waals surface area contributed by atoms with Crippen molar-refractivity contribution in [3.8, 4) is 0 Å². The number of anilines is 1. The summed E-state index contributed by atoms with van der Waals surface area (Å²) in [6, 6.07) is 3.25. The summed E-state index contributed by atoms with van der Waals surface area (Å²) in [5, 5.41) is 8.44. The van der Waals surface area contributed by atoms with Crippen LogP contribution in [0.4, 0.5) is 5.82 Å². The van der Waals surface area contributed by atoms with Crippen LogP contribution in [-0.2, 0) is 4.79 Å². The van der Waals surface area contributed by atoms with Crippen molar-refractivity contribution in [3.63, 3.8) is 0 Å². The van der Waals surface area contributed by atoms with Crippen molar-refractivity contribution < 1.29 is 14.7 Å². The number of ketones is 1. The molecule has 1 rings (SSSR count). The number of carboxylic acids is 1. The van der Waals surface area contributed by atoms with E-state index < -0.39 is 18.2 Å². The molecule has 0 radical (unpaired) electrons. The zero-order valence-electron chi connectivity index (χ0n) is 8.60. The molecule has 1 aromatic heterocycles. The Labute approximate surface area is 87.4 Å². The van der Waals surface area contributed by atoms with Crippen LogP contribution in [0.25, 0.3) is 0 Å². The Morgan fingerprint density at radius 2 is 2.07 bits per heavy atom. The topological polar surface area (TPSA) is 70.5 Å². The Morgan fingerprint density at radius 3 is 2.47 bits per heavy atom. The van der Waals surface area contributed by atoms with Crippen LogP contribution in [0.15, 0.2) is 18.3 Å². The fraction of sp³-hybridized carbons (Fsp3) is 0.300. The summed E-state index contributed by atoms with van der Waals surface area (Å²) in [6.45, 7) is 0. The van der Waals surface area contributed by atoms with Crippen LogP contribution in [0, 0.1) is 0 Å². The van der Waals surface area contributed by atoms with Gasteiger partial charge in [0.2, 0.25) is 0 Å². The van der Waals surface area contributed by atoms with Crippen LogP contribution in [0.1, 0.15) is 16.8 Å². The Bertz CT molecular complexity index is 371. The number of nitrogens with zero attached hydrogens (tertiary/aromatic N) is 2. The lowest BCUT2D eigenvalue weighted by molar-refractivity contribution is -0.135. The number of carbonyl (C=O) groups excluding carboxylic acids is 1. The Kier molecular flexibility index (Phi) is 3.38. The lowest BCUT2D eigenvalue weighted by Gasteiger charge is -2.10. The highest BCUT2D eigenvalue weighted by Gasteiger charge is 2.10. The summed E-state index contributed by atoms with van der Waals surface area (Å²) in [6.07, 6.45) is 0.892. The average molecular weight is 208 g/mol. The molecule has 5 nitrogen and oxygen atoms in total. The highest BCUT2D eigenvalue weighted by Crippen LogP contribution is 2.09. The van der Waals surface area contributed by atoms with Crippen LogP contribution < -0.4 is 4.90 Å². The fourth-order valence-electron chi connectivity index (χ4n) is 1.05. The van der Waals surface area contributed by atoms with Crippen LogP contribution in [0.2, 0.25) is 0 Å². The number of carboxylic acid groups (broad SMARTS) is 1. The highest BCUT2D eigenvalue weighted by molar-refractivity contribution is 6.05. The Hall–Kier alpha value is -1.91. The lowest BCUT2D eigenvalue weighted by Crippen LogP contribution is -2.12. The largest absolute Gasteiger partial charge is 0.481 e. The van der Waals surface area contributed by atoms with Gasteiger partial charge in [-0.25, -0.2) is 4.98 Å². The zero-order chi connectivity index (χ0) is 11.4. The van der Waals surface area contributed by atoms with Gasteiger partial charge < -0.3 is 10.0 Å². The number of rotatable bonds is 4. The van der Waals surface area contributed by atoms with Crippen molar-refractivity contribution in [1.82, 2.24) is 4.98 Å². The average Bonchev–Trinajstić information content (AvgIpc) is 2.17. The standard InChI is InChI=1S/C10H12N2O3/c1-12(2)9-4-3-7(6-11-9)8(13)5-10(14)15/h3-4,6H,5H2,1-2H3,(H,14,15). The number of Topliss-reactive ketones (excluding diaryl/α,β-unsaturated/α-hetero) is 1. The molecule has 0 saturated heterocycles. The molecule has 0 aliphatic rings. The molecular weight excluding hydrogens is 196 g/mol. The molecule has 0 fully saturated rings. The molecule has 80 valence electrons. The molecule has 1 heterocycles. The summed E-state index contributed by atoms with van der Waals surface area (Å²) >= 11 is 0. The van der Waals surface area contributed by atoms with Gasteiger partial charge in [0.25, 0.3) is 0 Å². The first-order chi connectivity index (χ1) is 7.00. The van der Waals surface area contributed by atoms with Gasteiger partial charge >= 0.3 is 5.97 Å². The van der Waals surface area contributed by atoms with Gasteiger partial charge in [0.15, 0.2) is 5.78 Å². The minimum Gasteiger partial charge on any atom is -0.481 e. The van der Waals surface area contributed by atoms with Gasteiger partial charge in [0.1, 0.15) is 12.2 Å². The van der Waals surface area contributed by atoms with E-state index in [9.17, 15) is 9.59 Å². The highest BCUT2D eigenvalue weighted by atomic mass is 16.4. The van der Waals surface area contributed by atoms with Gasteiger partial charge in [-0.1, -0.05) is 0 Å². The summed E-state index contributed by atoms with van der Waals surface area (Å²) in [5.41, 5.74) is 0.322. The van der Waals surface area contributed by atoms with Crippen LogP contribution in [0.5, 0.6) is 0 Å². The molecule has 0 bridgehead atoms. The quantitative estimate of drug-likeness (QED) is 0.585. The van der Waals surface area contributed by atoms with E-state index in [2.05, 4.69) is 4.98 Å². The number of hydrogen-bond acceptors (Lipinski definition) is 4. The first-order valence-corrected chi connectivity index (χ1v) is 4.39. The summed E-state index contributed by atoms with van der Waals surface area (Å²) in [5.74, 6) is -0.834. The van der Waals surface area contributed by atoms with Gasteiger partial charge in [0.05, 0.1) is 0 Å². The smallest absolute Gasteiger partial charge is 0.311 e. The molecule has 0 atom stereocenters. The molecule has 0 amide bonds. The van der Waals surface area contributed by atoms with Crippen molar-refractivity contribution >= 4 is 17.6 Å². The monoisotopic (exact) mass is 208 g/mol. The van der Waals surface area contributed by atoms with Crippen LogP contribution in [-0.4, -0.2) is 35.9 Å². The van der Waals surface area contributed by atoms with Gasteiger partial charge in [-0.05, 0) is 12.1 Å². The predicted molar refractivity (Wildman–Crippen MR) is 55.1 cm³/mol. The third kappa shape index (κ3) is 3.05. The first kappa shape index (κ1) is 11.2. The fourth-order valence-corrected chi connectivity index (χ4v) is 1.05. The molecule has 0 unspecified atom stereocenters. The molecule has 1 N–H and O–H groups in total. The van der Waals surface area contributed by atoms with E-state index >= 15 is 0 Å². The maximum Gasteiger partial charge on any atom is 0.311 e. The Morgan fingerprint density at radius 1 is 1.40 bits per heavy atom. The van der Waals surface area contributed by atoms with E-state index in [0.717, 1.165) is 5.82 Å². The maximum absolute atomic E-state index is 11.3. The zero-order valence-corrected chi connectivity index (χ0v) is 8.60. The molecular formula is C10H12N2O3. The second-order valence-corrected chi connectivity index (χ2v) is 3.29. The van der Waals surface area contributed by atoms with Gasteiger partial charge in [-0.15, -0.1) is 0 Å². The second-order valence-electron chi connectivity index (χ2n) is 3.29. The van der Waals surface area contributed by atoms with E-state index in [0.29, 0.717) is 5.56 Å². The van der Waals surface area contributed by atoms with Crippen molar-refractivity contribution in [1.29, 1.82) is 0 Å². The lowest BCUT2D eigenvalue weighted by atomic mass is 10.1. The summed E-state index contributed by atoms with van der Waals surface area (Å²) < 4.78 is 0. The van der Waals surface area contributed by atoms with Crippen molar-refractivity contribution in [3.05, 3.63) is 23.9 Å². The van der Waals surface area contributed by atoms with Crippen LogP contribution in [0.3, 0.4) is 0 Å². The number of pyridine rings is 1. The predicted octanol–water partition coefficient (Wildman–Crippen LogP) is 0.805. The van der Waals surface area contributed by atoms with Gasteiger partial charge in [0, 0.05) is 25.9 Å². The number of aromatic nitrogens is 1. The number of carbonyl (C=O) groups is 2. The normalized spacial score (nSPS) is 9.73. The molecule has 0 aliphatic heterocycles. The van der Waals surface area contributed by atoms with E-state index in [1.165, 1.54) is 6.20 Å². The molecule has 1 aromatic rings. The minimum atomic E-state index is -1.13. The van der Waals surface area contributed by atoms with Gasteiger partial charge in [-0.2, -0.15) is 0 Å². The maximum atomic E-state index is 11.3. The molecule has 15 heavy (non-hydrogen) atoms. The second kappa shape index (κ2) is 4.54. The molecule has 0 aliphatic carbocycles. The third-order valence-corrected chi connectivity index (χ3v) is 1.84. The number of aliphatic carboxylic acids is 1. The van der Waals surface area contributed by atoms with Crippen LogP contribution >= 0.6 is 0 Å². The Balaban J connectivity index is 2.80. The molecule has 0 spiro atoms. The van der Waals surface area contributed by atoms with E-state index in [1.807, 2.05) is 14.1 Å². The number of hydrogen-bond donors (Lipinski definition) is 1. The summed E-state index contributed by atoms with van der Waals surface area (Å²) in [4.78, 5) is 27.4. The molecule has 0 aromatic carbocycles. The van der Waals surface area contributed by atoms with Crippen molar-refractivity contribution in [2.75, 3.05) is 19.0 Å².